The average Bonchev–Trinajstić information content (AvgIpc) is 2.84. The molecule has 2 amide bonds. The number of aryl methyl sites for hydroxylation is 1. The lowest BCUT2D eigenvalue weighted by Crippen LogP contribution is -2.52. The lowest BCUT2D eigenvalue weighted by atomic mass is 10.0. The number of nitrogens with one attached hydrogen (secondary N) is 1. The standard InChI is InChI=1S/C29H33ClN2O2/c1-4-22(3)31-29(34)27(18-23-8-6-5-7-9-23)32(20-25-12-10-21(2)11-13-25)28(33)19-24-14-16-26(30)17-15-24/h5-17,22,27H,4,18-20H2,1-3H3,(H,31,34)/t22-,27-/m1/s1. The third kappa shape index (κ3) is 7.46. The molecule has 178 valence electrons. The van der Waals surface area contributed by atoms with Crippen LogP contribution in [0.4, 0.5) is 0 Å². The zero-order valence-electron chi connectivity index (χ0n) is 20.1. The molecule has 0 bridgehead atoms. The second kappa shape index (κ2) is 12.4. The van der Waals surface area contributed by atoms with Crippen LogP contribution < -0.4 is 5.32 Å². The zero-order chi connectivity index (χ0) is 24.5. The zero-order valence-corrected chi connectivity index (χ0v) is 20.9. The summed E-state index contributed by atoms with van der Waals surface area (Å²) in [5.41, 5.74) is 4.02. The van der Waals surface area contributed by atoms with Gasteiger partial charge in [-0.05, 0) is 49.1 Å². The Labute approximate surface area is 207 Å². The number of rotatable bonds is 10. The first-order valence-corrected chi connectivity index (χ1v) is 12.2. The Bertz CT molecular complexity index is 1070. The van der Waals surface area contributed by atoms with E-state index in [1.54, 1.807) is 17.0 Å². The Balaban J connectivity index is 1.95. The molecule has 0 radical (unpaired) electrons. The molecule has 0 unspecified atom stereocenters. The van der Waals surface area contributed by atoms with Crippen molar-refractivity contribution < 1.29 is 9.59 Å². The molecular formula is C29H33ClN2O2. The molecule has 4 nitrogen and oxygen atoms in total. The molecule has 0 heterocycles. The Kier molecular flexibility index (Phi) is 9.29. The van der Waals surface area contributed by atoms with Gasteiger partial charge in [0, 0.05) is 24.0 Å². The third-order valence-corrected chi connectivity index (χ3v) is 6.27. The van der Waals surface area contributed by atoms with Gasteiger partial charge in [0.1, 0.15) is 6.04 Å². The molecule has 0 saturated heterocycles. The Morgan fingerprint density at radius 3 is 2.12 bits per heavy atom. The van der Waals surface area contributed by atoms with Crippen molar-refractivity contribution >= 4 is 23.4 Å². The van der Waals surface area contributed by atoms with E-state index in [0.717, 1.165) is 28.7 Å². The highest BCUT2D eigenvalue weighted by atomic mass is 35.5. The first kappa shape index (κ1) is 25.5. The summed E-state index contributed by atoms with van der Waals surface area (Å²) in [6.45, 7) is 6.41. The SMILES string of the molecule is CC[C@@H](C)NC(=O)[C@@H](Cc1ccccc1)N(Cc1ccc(C)cc1)C(=O)Cc1ccc(Cl)cc1. The maximum atomic E-state index is 13.7. The van der Waals surface area contributed by atoms with E-state index in [1.165, 1.54) is 0 Å². The second-order valence-corrected chi connectivity index (χ2v) is 9.27. The van der Waals surface area contributed by atoms with Gasteiger partial charge in [-0.1, -0.05) is 90.8 Å². The van der Waals surface area contributed by atoms with Crippen LogP contribution in [0.1, 0.15) is 42.5 Å². The molecule has 0 aliphatic heterocycles. The number of benzene rings is 3. The fraction of sp³-hybridized carbons (Fsp3) is 0.310. The van der Waals surface area contributed by atoms with Gasteiger partial charge in [0.15, 0.2) is 0 Å². The van der Waals surface area contributed by atoms with Crippen molar-refractivity contribution in [1.29, 1.82) is 0 Å². The summed E-state index contributed by atoms with van der Waals surface area (Å²) in [5.74, 6) is -0.224. The van der Waals surface area contributed by atoms with E-state index in [9.17, 15) is 9.59 Å². The molecule has 1 N–H and O–H groups in total. The van der Waals surface area contributed by atoms with E-state index in [1.807, 2.05) is 87.5 Å². The van der Waals surface area contributed by atoms with Crippen LogP contribution in [0, 0.1) is 6.92 Å². The fourth-order valence-corrected chi connectivity index (χ4v) is 3.89. The molecule has 0 saturated carbocycles. The van der Waals surface area contributed by atoms with E-state index in [2.05, 4.69) is 5.32 Å². The lowest BCUT2D eigenvalue weighted by molar-refractivity contribution is -0.141. The van der Waals surface area contributed by atoms with Crippen LogP contribution in [0.5, 0.6) is 0 Å². The lowest BCUT2D eigenvalue weighted by Gasteiger charge is -2.32. The molecule has 3 aromatic carbocycles. The normalized spacial score (nSPS) is 12.6. The topological polar surface area (TPSA) is 49.4 Å². The molecule has 0 fully saturated rings. The summed E-state index contributed by atoms with van der Waals surface area (Å²) < 4.78 is 0. The summed E-state index contributed by atoms with van der Waals surface area (Å²) >= 11 is 6.03. The number of carbonyl (C=O) groups is 2. The second-order valence-electron chi connectivity index (χ2n) is 8.83. The molecule has 2 atom stereocenters. The summed E-state index contributed by atoms with van der Waals surface area (Å²) in [6.07, 6.45) is 1.47. The number of hydrogen-bond acceptors (Lipinski definition) is 2. The minimum Gasteiger partial charge on any atom is -0.352 e. The van der Waals surface area contributed by atoms with Crippen LogP contribution in [-0.4, -0.2) is 28.8 Å². The van der Waals surface area contributed by atoms with Gasteiger partial charge in [0.05, 0.1) is 6.42 Å². The fourth-order valence-electron chi connectivity index (χ4n) is 3.76. The number of nitrogens with zero attached hydrogens (tertiary/aromatic N) is 1. The Morgan fingerprint density at radius 1 is 0.882 bits per heavy atom. The predicted octanol–water partition coefficient (Wildman–Crippen LogP) is 5.75. The summed E-state index contributed by atoms with van der Waals surface area (Å²) in [7, 11) is 0. The summed E-state index contributed by atoms with van der Waals surface area (Å²) in [4.78, 5) is 28.9. The maximum Gasteiger partial charge on any atom is 0.243 e. The number of carbonyl (C=O) groups excluding carboxylic acids is 2. The largest absolute Gasteiger partial charge is 0.352 e. The van der Waals surface area contributed by atoms with Crippen molar-refractivity contribution in [1.82, 2.24) is 10.2 Å². The van der Waals surface area contributed by atoms with Crippen LogP contribution in [0.2, 0.25) is 5.02 Å². The Hall–Kier alpha value is -3.11. The maximum absolute atomic E-state index is 13.7. The molecule has 0 aromatic heterocycles. The van der Waals surface area contributed by atoms with Crippen molar-refractivity contribution in [2.24, 2.45) is 0 Å². The molecular weight excluding hydrogens is 444 g/mol. The van der Waals surface area contributed by atoms with E-state index < -0.39 is 6.04 Å². The molecule has 5 heteroatoms. The summed E-state index contributed by atoms with van der Waals surface area (Å²) in [5, 5.41) is 3.73. The molecule has 34 heavy (non-hydrogen) atoms. The van der Waals surface area contributed by atoms with Crippen molar-refractivity contribution in [2.75, 3.05) is 0 Å². The van der Waals surface area contributed by atoms with Crippen molar-refractivity contribution in [3.8, 4) is 0 Å². The van der Waals surface area contributed by atoms with Crippen molar-refractivity contribution in [3.63, 3.8) is 0 Å². The quantitative estimate of drug-likeness (QED) is 0.405. The Morgan fingerprint density at radius 2 is 1.50 bits per heavy atom. The van der Waals surface area contributed by atoms with Gasteiger partial charge in [-0.3, -0.25) is 9.59 Å². The van der Waals surface area contributed by atoms with Crippen LogP contribution in [0.25, 0.3) is 0 Å². The number of hydrogen-bond donors (Lipinski definition) is 1. The van der Waals surface area contributed by atoms with Crippen LogP contribution >= 0.6 is 11.6 Å². The van der Waals surface area contributed by atoms with E-state index in [4.69, 9.17) is 11.6 Å². The minimum absolute atomic E-state index is 0.0263. The van der Waals surface area contributed by atoms with Crippen molar-refractivity contribution in [3.05, 3.63) is 106 Å². The monoisotopic (exact) mass is 476 g/mol. The molecule has 0 aliphatic rings. The molecule has 3 rings (SSSR count). The van der Waals surface area contributed by atoms with E-state index >= 15 is 0 Å². The highest BCUT2D eigenvalue weighted by molar-refractivity contribution is 6.30. The van der Waals surface area contributed by atoms with Gasteiger partial charge in [-0.2, -0.15) is 0 Å². The predicted molar refractivity (Wildman–Crippen MR) is 139 cm³/mol. The molecule has 0 spiro atoms. The van der Waals surface area contributed by atoms with E-state index in [0.29, 0.717) is 18.0 Å². The third-order valence-electron chi connectivity index (χ3n) is 6.01. The van der Waals surface area contributed by atoms with Gasteiger partial charge < -0.3 is 10.2 Å². The highest BCUT2D eigenvalue weighted by Crippen LogP contribution is 2.18. The first-order chi connectivity index (χ1) is 16.4. The van der Waals surface area contributed by atoms with Gasteiger partial charge in [0.2, 0.25) is 11.8 Å². The van der Waals surface area contributed by atoms with Crippen LogP contribution in [0.15, 0.2) is 78.9 Å². The smallest absolute Gasteiger partial charge is 0.243 e. The average molecular weight is 477 g/mol. The van der Waals surface area contributed by atoms with E-state index in [-0.39, 0.29) is 24.3 Å². The van der Waals surface area contributed by atoms with Gasteiger partial charge >= 0.3 is 0 Å². The molecule has 3 aromatic rings. The van der Waals surface area contributed by atoms with Gasteiger partial charge in [0.25, 0.3) is 0 Å². The van der Waals surface area contributed by atoms with Crippen LogP contribution in [0.3, 0.4) is 0 Å². The number of amides is 2. The van der Waals surface area contributed by atoms with Gasteiger partial charge in [-0.25, -0.2) is 0 Å². The van der Waals surface area contributed by atoms with Crippen LogP contribution in [-0.2, 0) is 29.0 Å². The van der Waals surface area contributed by atoms with Crippen molar-refractivity contribution in [2.45, 2.75) is 58.7 Å². The van der Waals surface area contributed by atoms with Gasteiger partial charge in [-0.15, -0.1) is 0 Å². The number of halogens is 1. The summed E-state index contributed by atoms with van der Waals surface area (Å²) in [6, 6.07) is 24.6. The first-order valence-electron chi connectivity index (χ1n) is 11.8. The minimum atomic E-state index is -0.627. The highest BCUT2D eigenvalue weighted by Gasteiger charge is 2.31. The molecule has 0 aliphatic carbocycles.